The molecule has 2 heterocycles. The van der Waals surface area contributed by atoms with Crippen LogP contribution in [0.15, 0.2) is 21.9 Å². The predicted molar refractivity (Wildman–Crippen MR) is 64.9 cm³/mol. The molecule has 1 aromatic rings. The zero-order valence-electron chi connectivity index (χ0n) is 10.7. The SMILES string of the molecule is CCOC1(O)C(O)C(CO)OC1n1ccc(=O)[nH]c1=O. The lowest BCUT2D eigenvalue weighted by Crippen LogP contribution is -2.51. The average Bonchev–Trinajstić information content (AvgIpc) is 2.63. The first-order chi connectivity index (χ1) is 9.43. The minimum Gasteiger partial charge on any atom is -0.394 e. The molecule has 4 unspecified atom stereocenters. The maximum atomic E-state index is 11.7. The lowest BCUT2D eigenvalue weighted by Gasteiger charge is -2.30. The van der Waals surface area contributed by atoms with Crippen LogP contribution in [0.3, 0.4) is 0 Å². The molecule has 0 bridgehead atoms. The Kier molecular flexibility index (Phi) is 4.06. The van der Waals surface area contributed by atoms with Gasteiger partial charge >= 0.3 is 5.69 Å². The maximum Gasteiger partial charge on any atom is 0.330 e. The van der Waals surface area contributed by atoms with E-state index in [4.69, 9.17) is 14.6 Å². The summed E-state index contributed by atoms with van der Waals surface area (Å²) in [5.74, 6) is -2.20. The van der Waals surface area contributed by atoms with Crippen LogP contribution in [0.25, 0.3) is 0 Å². The van der Waals surface area contributed by atoms with E-state index < -0.39 is 42.1 Å². The predicted octanol–water partition coefficient (Wildman–Crippen LogP) is -2.49. The van der Waals surface area contributed by atoms with Crippen molar-refractivity contribution in [3.8, 4) is 0 Å². The molecule has 0 spiro atoms. The summed E-state index contributed by atoms with van der Waals surface area (Å²) in [5.41, 5.74) is -1.44. The minimum atomic E-state index is -2.20. The van der Waals surface area contributed by atoms with E-state index in [9.17, 15) is 19.8 Å². The summed E-state index contributed by atoms with van der Waals surface area (Å²) in [6, 6.07) is 1.07. The molecule has 0 amide bonds. The van der Waals surface area contributed by atoms with E-state index in [1.165, 1.54) is 0 Å². The molecule has 1 aliphatic heterocycles. The second kappa shape index (κ2) is 5.46. The zero-order chi connectivity index (χ0) is 14.9. The van der Waals surface area contributed by atoms with Gasteiger partial charge in [0.25, 0.3) is 5.56 Å². The van der Waals surface area contributed by atoms with Crippen LogP contribution in [0, 0.1) is 0 Å². The van der Waals surface area contributed by atoms with Gasteiger partial charge in [0.2, 0.25) is 5.79 Å². The van der Waals surface area contributed by atoms with Gasteiger partial charge < -0.3 is 24.8 Å². The van der Waals surface area contributed by atoms with Crippen molar-refractivity contribution in [3.05, 3.63) is 33.1 Å². The van der Waals surface area contributed by atoms with Crippen LogP contribution in [0.4, 0.5) is 0 Å². The van der Waals surface area contributed by atoms with Crippen LogP contribution in [-0.4, -0.2) is 56.1 Å². The van der Waals surface area contributed by atoms with Crippen molar-refractivity contribution in [2.75, 3.05) is 13.2 Å². The Hall–Kier alpha value is -1.52. The van der Waals surface area contributed by atoms with Crippen LogP contribution >= 0.6 is 0 Å². The van der Waals surface area contributed by atoms with Crippen molar-refractivity contribution in [3.63, 3.8) is 0 Å². The molecule has 0 aromatic carbocycles. The molecular formula is C11H16N2O7. The molecule has 0 aliphatic carbocycles. The summed E-state index contributed by atoms with van der Waals surface area (Å²) in [6.45, 7) is 1.07. The molecule has 2 rings (SSSR count). The number of nitrogens with one attached hydrogen (secondary N) is 1. The van der Waals surface area contributed by atoms with Gasteiger partial charge in [-0.1, -0.05) is 0 Å². The molecule has 0 radical (unpaired) electrons. The van der Waals surface area contributed by atoms with Crippen molar-refractivity contribution in [2.24, 2.45) is 0 Å². The van der Waals surface area contributed by atoms with E-state index in [2.05, 4.69) is 0 Å². The van der Waals surface area contributed by atoms with E-state index >= 15 is 0 Å². The lowest BCUT2D eigenvalue weighted by molar-refractivity contribution is -0.276. The molecular weight excluding hydrogens is 272 g/mol. The van der Waals surface area contributed by atoms with Crippen LogP contribution in [-0.2, 0) is 9.47 Å². The van der Waals surface area contributed by atoms with E-state index in [0.29, 0.717) is 0 Å². The van der Waals surface area contributed by atoms with Crippen LogP contribution in [0.5, 0.6) is 0 Å². The number of H-pyrrole nitrogens is 1. The summed E-state index contributed by atoms with van der Waals surface area (Å²) < 4.78 is 11.3. The number of ether oxygens (including phenoxy) is 2. The molecule has 9 nitrogen and oxygen atoms in total. The van der Waals surface area contributed by atoms with Gasteiger partial charge in [0.05, 0.1) is 6.61 Å². The number of nitrogens with zero attached hydrogens (tertiary/aromatic N) is 1. The van der Waals surface area contributed by atoms with Crippen molar-refractivity contribution in [1.29, 1.82) is 0 Å². The Labute approximate surface area is 113 Å². The Morgan fingerprint density at radius 1 is 1.55 bits per heavy atom. The van der Waals surface area contributed by atoms with E-state index in [1.54, 1.807) is 6.92 Å². The summed E-state index contributed by atoms with van der Waals surface area (Å²) in [6.07, 6.45) is -2.94. The first kappa shape index (κ1) is 14.9. The van der Waals surface area contributed by atoms with E-state index in [0.717, 1.165) is 16.8 Å². The smallest absolute Gasteiger partial charge is 0.330 e. The van der Waals surface area contributed by atoms with Gasteiger partial charge in [0.15, 0.2) is 6.23 Å². The number of aliphatic hydroxyl groups excluding tert-OH is 2. The fraction of sp³-hybridized carbons (Fsp3) is 0.636. The summed E-state index contributed by atoms with van der Waals surface area (Å²) in [7, 11) is 0. The Morgan fingerprint density at radius 2 is 2.25 bits per heavy atom. The molecule has 4 atom stereocenters. The third-order valence-electron chi connectivity index (χ3n) is 3.09. The first-order valence-electron chi connectivity index (χ1n) is 6.06. The van der Waals surface area contributed by atoms with Gasteiger partial charge in [-0.2, -0.15) is 0 Å². The quantitative estimate of drug-likeness (QED) is 0.450. The van der Waals surface area contributed by atoms with Gasteiger partial charge in [-0.15, -0.1) is 0 Å². The van der Waals surface area contributed by atoms with Crippen molar-refractivity contribution >= 4 is 0 Å². The third-order valence-corrected chi connectivity index (χ3v) is 3.09. The van der Waals surface area contributed by atoms with Gasteiger partial charge in [-0.3, -0.25) is 14.3 Å². The number of hydrogen-bond donors (Lipinski definition) is 4. The average molecular weight is 288 g/mol. The fourth-order valence-electron chi connectivity index (χ4n) is 2.16. The Morgan fingerprint density at radius 3 is 2.80 bits per heavy atom. The van der Waals surface area contributed by atoms with E-state index in [-0.39, 0.29) is 6.61 Å². The molecule has 20 heavy (non-hydrogen) atoms. The maximum absolute atomic E-state index is 11.7. The number of rotatable bonds is 4. The monoisotopic (exact) mass is 288 g/mol. The van der Waals surface area contributed by atoms with Crippen LogP contribution in [0.2, 0.25) is 0 Å². The standard InChI is InChI=1S/C11H16N2O7/c1-2-19-11(18)8(16)6(5-14)20-9(11)13-4-3-7(15)12-10(13)17/h3-4,6,8-9,14,16,18H,2,5H2,1H3,(H,12,15,17). The third kappa shape index (κ3) is 2.30. The second-order valence-electron chi connectivity index (χ2n) is 4.36. The van der Waals surface area contributed by atoms with Crippen molar-refractivity contribution in [2.45, 2.75) is 31.1 Å². The Bertz CT molecular complexity index is 583. The summed E-state index contributed by atoms with van der Waals surface area (Å²) >= 11 is 0. The Balaban J connectivity index is 2.47. The molecule has 112 valence electrons. The van der Waals surface area contributed by atoms with Gasteiger partial charge in [0, 0.05) is 18.9 Å². The van der Waals surface area contributed by atoms with Crippen LogP contribution < -0.4 is 11.2 Å². The number of aliphatic hydroxyl groups is 3. The van der Waals surface area contributed by atoms with Gasteiger partial charge in [-0.25, -0.2) is 4.79 Å². The normalized spacial score (nSPS) is 33.5. The first-order valence-corrected chi connectivity index (χ1v) is 6.06. The highest BCUT2D eigenvalue weighted by molar-refractivity contribution is 4.98. The van der Waals surface area contributed by atoms with Crippen LogP contribution in [0.1, 0.15) is 13.2 Å². The fourth-order valence-corrected chi connectivity index (χ4v) is 2.16. The molecule has 1 aromatic heterocycles. The largest absolute Gasteiger partial charge is 0.394 e. The number of hydrogen-bond acceptors (Lipinski definition) is 7. The lowest BCUT2D eigenvalue weighted by atomic mass is 10.1. The topological polar surface area (TPSA) is 134 Å². The highest BCUT2D eigenvalue weighted by Crippen LogP contribution is 2.38. The highest BCUT2D eigenvalue weighted by atomic mass is 16.7. The second-order valence-corrected chi connectivity index (χ2v) is 4.36. The molecule has 0 saturated carbocycles. The van der Waals surface area contributed by atoms with Crippen molar-refractivity contribution < 1.29 is 24.8 Å². The van der Waals surface area contributed by atoms with Crippen molar-refractivity contribution in [1.82, 2.24) is 9.55 Å². The highest BCUT2D eigenvalue weighted by Gasteiger charge is 2.57. The minimum absolute atomic E-state index is 0.0453. The van der Waals surface area contributed by atoms with E-state index in [1.807, 2.05) is 4.98 Å². The summed E-state index contributed by atoms with van der Waals surface area (Å²) in [4.78, 5) is 24.8. The molecule has 1 fully saturated rings. The van der Waals surface area contributed by atoms with Gasteiger partial charge in [-0.05, 0) is 6.92 Å². The van der Waals surface area contributed by atoms with Gasteiger partial charge in [0.1, 0.15) is 12.2 Å². The molecule has 9 heteroatoms. The molecule has 1 saturated heterocycles. The zero-order valence-corrected chi connectivity index (χ0v) is 10.7. The summed E-state index contributed by atoms with van der Waals surface area (Å²) in [5, 5.41) is 29.5. The molecule has 1 aliphatic rings. The molecule has 4 N–H and O–H groups in total. The number of aromatic amines is 1. The number of aromatic nitrogens is 2.